The second-order valence-electron chi connectivity index (χ2n) is 12.5. The number of allylic oxidation sites excluding steroid dienone is 10. The van der Waals surface area contributed by atoms with Gasteiger partial charge in [0, 0.05) is 19.3 Å². The van der Waals surface area contributed by atoms with Crippen LogP contribution < -0.4 is 0 Å². The number of carbonyl (C=O) groups excluding carboxylic acids is 3. The van der Waals surface area contributed by atoms with Crippen molar-refractivity contribution < 1.29 is 28.6 Å². The van der Waals surface area contributed by atoms with Crippen LogP contribution in [-0.2, 0) is 28.6 Å². The van der Waals surface area contributed by atoms with Gasteiger partial charge in [-0.05, 0) is 57.8 Å². The molecule has 0 aromatic heterocycles. The lowest BCUT2D eigenvalue weighted by Gasteiger charge is -2.18. The van der Waals surface area contributed by atoms with Crippen molar-refractivity contribution in [1.82, 2.24) is 0 Å². The standard InChI is InChI=1S/C42H70O6/c1-4-7-10-13-16-17-18-19-20-21-22-23-24-25-27-29-32-35-41(44)47-38-39(37-46-40(43)34-31-28-15-12-9-6-3)48-42(45)36-33-30-26-14-11-8-5-2/h7,10,16-17,19-20,22-23,25,27,39H,4-6,8-9,11-15,18,21,24,26,28-38H2,1-3H3/b10-7-,17-16-,20-19-,23-22-,27-25-. The molecule has 0 heterocycles. The quantitative estimate of drug-likeness (QED) is 0.0299. The minimum Gasteiger partial charge on any atom is -0.462 e. The summed E-state index contributed by atoms with van der Waals surface area (Å²) in [7, 11) is 0. The van der Waals surface area contributed by atoms with E-state index in [-0.39, 0.29) is 37.5 Å². The highest BCUT2D eigenvalue weighted by Gasteiger charge is 2.19. The highest BCUT2D eigenvalue weighted by molar-refractivity contribution is 5.71. The zero-order valence-corrected chi connectivity index (χ0v) is 31.0. The van der Waals surface area contributed by atoms with E-state index in [1.54, 1.807) is 0 Å². The Balaban J connectivity index is 4.36. The molecule has 0 N–H and O–H groups in total. The van der Waals surface area contributed by atoms with Gasteiger partial charge in [-0.25, -0.2) is 0 Å². The van der Waals surface area contributed by atoms with Crippen LogP contribution in [-0.4, -0.2) is 37.2 Å². The van der Waals surface area contributed by atoms with Crippen molar-refractivity contribution in [2.45, 2.75) is 175 Å². The number of unbranched alkanes of at least 4 members (excludes halogenated alkanes) is 12. The highest BCUT2D eigenvalue weighted by atomic mass is 16.6. The van der Waals surface area contributed by atoms with Crippen LogP contribution in [0.25, 0.3) is 0 Å². The highest BCUT2D eigenvalue weighted by Crippen LogP contribution is 2.11. The molecule has 6 nitrogen and oxygen atoms in total. The van der Waals surface area contributed by atoms with Crippen LogP contribution >= 0.6 is 0 Å². The first-order chi connectivity index (χ1) is 23.5. The normalized spacial score (nSPS) is 12.6. The van der Waals surface area contributed by atoms with E-state index in [9.17, 15) is 14.4 Å². The molecule has 0 fully saturated rings. The summed E-state index contributed by atoms with van der Waals surface area (Å²) in [5, 5.41) is 0. The molecule has 0 amide bonds. The van der Waals surface area contributed by atoms with Crippen molar-refractivity contribution in [2.24, 2.45) is 0 Å². The summed E-state index contributed by atoms with van der Waals surface area (Å²) in [5.74, 6) is -0.981. The lowest BCUT2D eigenvalue weighted by atomic mass is 10.1. The molecule has 0 aliphatic rings. The van der Waals surface area contributed by atoms with Gasteiger partial charge in [0.15, 0.2) is 6.10 Å². The summed E-state index contributed by atoms with van der Waals surface area (Å²) in [6.07, 6.45) is 42.4. The minimum atomic E-state index is -0.787. The van der Waals surface area contributed by atoms with Gasteiger partial charge in [-0.3, -0.25) is 14.4 Å². The average molecular weight is 671 g/mol. The number of hydrogen-bond donors (Lipinski definition) is 0. The van der Waals surface area contributed by atoms with E-state index in [4.69, 9.17) is 14.2 Å². The summed E-state index contributed by atoms with van der Waals surface area (Å²) in [5.41, 5.74) is 0. The summed E-state index contributed by atoms with van der Waals surface area (Å²) in [6.45, 7) is 6.33. The zero-order valence-electron chi connectivity index (χ0n) is 31.0. The average Bonchev–Trinajstić information content (AvgIpc) is 3.08. The maximum Gasteiger partial charge on any atom is 0.306 e. The Morgan fingerprint density at radius 2 is 0.812 bits per heavy atom. The molecule has 6 heteroatoms. The number of ether oxygens (including phenoxy) is 3. The SMILES string of the molecule is CC/C=C\C/C=C\C/C=C\C/C=C\C/C=C\CCCC(=O)OCC(COC(=O)CCCCCCCC)OC(=O)CCCCCCCCC. The Kier molecular flexibility index (Phi) is 34.7. The van der Waals surface area contributed by atoms with E-state index in [0.717, 1.165) is 77.0 Å². The van der Waals surface area contributed by atoms with Crippen LogP contribution in [0.15, 0.2) is 60.8 Å². The van der Waals surface area contributed by atoms with Gasteiger partial charge in [0.25, 0.3) is 0 Å². The lowest BCUT2D eigenvalue weighted by molar-refractivity contribution is -0.167. The van der Waals surface area contributed by atoms with Gasteiger partial charge in [0.1, 0.15) is 13.2 Å². The Morgan fingerprint density at radius 3 is 1.27 bits per heavy atom. The molecule has 274 valence electrons. The van der Waals surface area contributed by atoms with Gasteiger partial charge < -0.3 is 14.2 Å². The number of esters is 3. The molecule has 0 spiro atoms. The molecule has 0 aromatic rings. The van der Waals surface area contributed by atoms with E-state index < -0.39 is 6.10 Å². The Labute approximate surface area is 294 Å². The summed E-state index contributed by atoms with van der Waals surface area (Å²) >= 11 is 0. The molecule has 0 rings (SSSR count). The van der Waals surface area contributed by atoms with Crippen molar-refractivity contribution in [3.8, 4) is 0 Å². The summed E-state index contributed by atoms with van der Waals surface area (Å²) < 4.78 is 16.4. The van der Waals surface area contributed by atoms with Gasteiger partial charge in [-0.15, -0.1) is 0 Å². The second-order valence-corrected chi connectivity index (χ2v) is 12.5. The van der Waals surface area contributed by atoms with Crippen molar-refractivity contribution in [3.63, 3.8) is 0 Å². The van der Waals surface area contributed by atoms with E-state index in [0.29, 0.717) is 19.3 Å². The molecule has 0 saturated heterocycles. The van der Waals surface area contributed by atoms with Gasteiger partial charge in [-0.2, -0.15) is 0 Å². The van der Waals surface area contributed by atoms with Gasteiger partial charge >= 0.3 is 17.9 Å². The van der Waals surface area contributed by atoms with Gasteiger partial charge in [0.2, 0.25) is 0 Å². The number of hydrogen-bond acceptors (Lipinski definition) is 6. The Hall–Kier alpha value is -2.89. The maximum absolute atomic E-state index is 12.5. The molecule has 0 aromatic carbocycles. The molecular weight excluding hydrogens is 600 g/mol. The lowest BCUT2D eigenvalue weighted by Crippen LogP contribution is -2.30. The predicted molar refractivity (Wildman–Crippen MR) is 201 cm³/mol. The first-order valence-electron chi connectivity index (χ1n) is 19.3. The van der Waals surface area contributed by atoms with Gasteiger partial charge in [0.05, 0.1) is 0 Å². The molecule has 0 aliphatic carbocycles. The van der Waals surface area contributed by atoms with Crippen LogP contribution in [0.3, 0.4) is 0 Å². The third-order valence-electron chi connectivity index (χ3n) is 7.79. The van der Waals surface area contributed by atoms with Crippen LogP contribution in [0.2, 0.25) is 0 Å². The van der Waals surface area contributed by atoms with Crippen LogP contribution in [0.1, 0.15) is 168 Å². The summed E-state index contributed by atoms with van der Waals surface area (Å²) in [4.78, 5) is 37.2. The fraction of sp³-hybridized carbons (Fsp3) is 0.690. The molecular formula is C42H70O6. The Morgan fingerprint density at radius 1 is 0.438 bits per heavy atom. The van der Waals surface area contributed by atoms with Crippen LogP contribution in [0.5, 0.6) is 0 Å². The van der Waals surface area contributed by atoms with E-state index in [1.807, 2.05) is 0 Å². The first kappa shape index (κ1) is 45.1. The minimum absolute atomic E-state index is 0.0925. The van der Waals surface area contributed by atoms with E-state index >= 15 is 0 Å². The Bertz CT molecular complexity index is 913. The molecule has 1 atom stereocenters. The van der Waals surface area contributed by atoms with E-state index in [2.05, 4.69) is 81.5 Å². The second kappa shape index (κ2) is 36.9. The third kappa shape index (κ3) is 34.4. The van der Waals surface area contributed by atoms with Gasteiger partial charge in [-0.1, -0.05) is 152 Å². The van der Waals surface area contributed by atoms with Crippen LogP contribution in [0, 0.1) is 0 Å². The number of carbonyl (C=O) groups is 3. The first-order valence-corrected chi connectivity index (χ1v) is 19.3. The van der Waals surface area contributed by atoms with Crippen molar-refractivity contribution >= 4 is 17.9 Å². The fourth-order valence-electron chi connectivity index (χ4n) is 4.89. The molecule has 0 aliphatic heterocycles. The smallest absolute Gasteiger partial charge is 0.306 e. The summed E-state index contributed by atoms with van der Waals surface area (Å²) in [6, 6.07) is 0. The monoisotopic (exact) mass is 671 g/mol. The van der Waals surface area contributed by atoms with Crippen molar-refractivity contribution in [3.05, 3.63) is 60.8 Å². The fourth-order valence-corrected chi connectivity index (χ4v) is 4.89. The zero-order chi connectivity index (χ0) is 35.2. The largest absolute Gasteiger partial charge is 0.462 e. The van der Waals surface area contributed by atoms with E-state index in [1.165, 1.54) is 44.9 Å². The number of rotatable bonds is 33. The van der Waals surface area contributed by atoms with Crippen molar-refractivity contribution in [2.75, 3.05) is 13.2 Å². The molecule has 48 heavy (non-hydrogen) atoms. The maximum atomic E-state index is 12.5. The van der Waals surface area contributed by atoms with Crippen LogP contribution in [0.4, 0.5) is 0 Å². The third-order valence-corrected chi connectivity index (χ3v) is 7.79. The molecule has 0 radical (unpaired) electrons. The topological polar surface area (TPSA) is 78.9 Å². The molecule has 0 bridgehead atoms. The van der Waals surface area contributed by atoms with Crippen molar-refractivity contribution in [1.29, 1.82) is 0 Å². The molecule has 1 unspecified atom stereocenters. The predicted octanol–water partition coefficient (Wildman–Crippen LogP) is 11.8. The molecule has 0 saturated carbocycles.